The van der Waals surface area contributed by atoms with Gasteiger partial charge in [-0.2, -0.15) is 13.2 Å². The highest BCUT2D eigenvalue weighted by Gasteiger charge is 2.38. The van der Waals surface area contributed by atoms with Crippen molar-refractivity contribution in [1.29, 1.82) is 0 Å². The average molecular weight is 286 g/mol. The van der Waals surface area contributed by atoms with Crippen molar-refractivity contribution in [1.82, 2.24) is 0 Å². The third-order valence-electron chi connectivity index (χ3n) is 2.05. The minimum absolute atomic E-state index is 0.0497. The number of allylic oxidation sites excluding steroid dienone is 2. The fourth-order valence-electron chi connectivity index (χ4n) is 1.27. The van der Waals surface area contributed by atoms with E-state index in [9.17, 15) is 13.2 Å². The van der Waals surface area contributed by atoms with Gasteiger partial charge in [-0.3, -0.25) is 0 Å². The van der Waals surface area contributed by atoms with Crippen LogP contribution in [0.4, 0.5) is 13.2 Å². The fourth-order valence-corrected chi connectivity index (χ4v) is 1.78. The van der Waals surface area contributed by atoms with Gasteiger partial charge < -0.3 is 4.74 Å². The summed E-state index contributed by atoms with van der Waals surface area (Å²) in [5.41, 5.74) is 0.659. The lowest BCUT2D eigenvalue weighted by Crippen LogP contribution is -2.16. The van der Waals surface area contributed by atoms with Crippen LogP contribution in [0.2, 0.25) is 0 Å². The predicted molar refractivity (Wildman–Crippen MR) is 71.5 cm³/mol. The van der Waals surface area contributed by atoms with Crippen LogP contribution in [0, 0.1) is 11.8 Å². The van der Waals surface area contributed by atoms with Gasteiger partial charge >= 0.3 is 6.18 Å². The van der Waals surface area contributed by atoms with E-state index in [-0.39, 0.29) is 11.5 Å². The first kappa shape index (κ1) is 15.5. The molecule has 0 spiro atoms. The number of hydrogen-bond donors (Lipinski definition) is 0. The van der Waals surface area contributed by atoms with Gasteiger partial charge in [0.1, 0.15) is 4.91 Å². The Bertz CT molecular complexity index is 495. The molecular weight excluding hydrogens is 273 g/mol. The van der Waals surface area contributed by atoms with Crippen LogP contribution in [0.3, 0.4) is 0 Å². The Morgan fingerprint density at radius 3 is 2.37 bits per heavy atom. The number of rotatable bonds is 3. The first-order valence-electron chi connectivity index (χ1n) is 5.54. The van der Waals surface area contributed by atoms with Crippen molar-refractivity contribution in [2.24, 2.45) is 0 Å². The van der Waals surface area contributed by atoms with Gasteiger partial charge in [-0.05, 0) is 25.3 Å². The molecule has 0 bridgehead atoms. The van der Waals surface area contributed by atoms with Crippen LogP contribution >= 0.6 is 11.8 Å². The zero-order chi connectivity index (χ0) is 14.3. The predicted octanol–water partition coefficient (Wildman–Crippen LogP) is 4.21. The van der Waals surface area contributed by atoms with E-state index >= 15 is 0 Å². The molecule has 0 aromatic heterocycles. The van der Waals surface area contributed by atoms with Crippen LogP contribution in [-0.4, -0.2) is 19.0 Å². The van der Waals surface area contributed by atoms with Gasteiger partial charge in [-0.15, -0.1) is 11.8 Å². The van der Waals surface area contributed by atoms with Crippen molar-refractivity contribution in [3.8, 4) is 11.8 Å². The molecule has 0 radical (unpaired) electrons. The molecule has 0 aliphatic heterocycles. The second-order valence-electron chi connectivity index (χ2n) is 3.41. The number of hydrogen-bond acceptors (Lipinski definition) is 2. The summed E-state index contributed by atoms with van der Waals surface area (Å²) in [6, 6.07) is 8.84. The molecule has 0 amide bonds. The lowest BCUT2D eigenvalue weighted by Gasteiger charge is -2.13. The van der Waals surface area contributed by atoms with E-state index < -0.39 is 11.9 Å². The van der Waals surface area contributed by atoms with Crippen molar-refractivity contribution in [3.05, 3.63) is 46.6 Å². The second kappa shape index (κ2) is 7.15. The fraction of sp³-hybridized carbons (Fsp3) is 0.286. The first-order valence-corrected chi connectivity index (χ1v) is 6.76. The summed E-state index contributed by atoms with van der Waals surface area (Å²) in [7, 11) is 0. The van der Waals surface area contributed by atoms with Crippen LogP contribution in [0.1, 0.15) is 12.5 Å². The van der Waals surface area contributed by atoms with Crippen LogP contribution in [-0.2, 0) is 4.74 Å². The Balaban J connectivity index is 3.14. The highest BCUT2D eigenvalue weighted by Crippen LogP contribution is 2.32. The maximum Gasteiger partial charge on any atom is 0.450 e. The summed E-state index contributed by atoms with van der Waals surface area (Å²) in [5, 5.41) is 0. The molecule has 1 aromatic rings. The van der Waals surface area contributed by atoms with Gasteiger partial charge in [0, 0.05) is 5.56 Å². The monoisotopic (exact) mass is 286 g/mol. The van der Waals surface area contributed by atoms with Crippen LogP contribution in [0.25, 0.3) is 0 Å². The maximum atomic E-state index is 12.8. The van der Waals surface area contributed by atoms with Crippen LogP contribution < -0.4 is 0 Å². The van der Waals surface area contributed by atoms with Crippen LogP contribution in [0.5, 0.6) is 0 Å². The molecule has 0 saturated heterocycles. The van der Waals surface area contributed by atoms with Gasteiger partial charge in [0.2, 0.25) is 5.76 Å². The van der Waals surface area contributed by atoms with E-state index in [1.54, 1.807) is 30.5 Å². The Kier molecular flexibility index (Phi) is 5.84. The van der Waals surface area contributed by atoms with Crippen molar-refractivity contribution < 1.29 is 17.9 Å². The van der Waals surface area contributed by atoms with Gasteiger partial charge in [0.15, 0.2) is 0 Å². The minimum atomic E-state index is -4.53. The van der Waals surface area contributed by atoms with E-state index in [1.165, 1.54) is 6.92 Å². The largest absolute Gasteiger partial charge is 0.488 e. The molecule has 1 aromatic carbocycles. The van der Waals surface area contributed by atoms with Gasteiger partial charge in [0.25, 0.3) is 0 Å². The van der Waals surface area contributed by atoms with Gasteiger partial charge in [-0.1, -0.05) is 30.0 Å². The third-order valence-corrected chi connectivity index (χ3v) is 2.75. The van der Waals surface area contributed by atoms with Crippen molar-refractivity contribution in [3.63, 3.8) is 0 Å². The van der Waals surface area contributed by atoms with Crippen molar-refractivity contribution >= 4 is 11.8 Å². The molecule has 0 aliphatic carbocycles. The Hall–Kier alpha value is -1.54. The number of halogens is 3. The molecule has 102 valence electrons. The van der Waals surface area contributed by atoms with E-state index in [0.717, 1.165) is 11.8 Å². The van der Waals surface area contributed by atoms with Gasteiger partial charge in [0.05, 0.1) is 6.61 Å². The Morgan fingerprint density at radius 2 is 1.89 bits per heavy atom. The Morgan fingerprint density at radius 1 is 1.26 bits per heavy atom. The summed E-state index contributed by atoms with van der Waals surface area (Å²) in [4.78, 5) is -0.113. The molecule has 5 heteroatoms. The number of benzene rings is 1. The zero-order valence-corrected chi connectivity index (χ0v) is 11.4. The molecule has 0 saturated carbocycles. The molecular formula is C14H13F3OS. The van der Waals surface area contributed by atoms with E-state index in [2.05, 4.69) is 16.6 Å². The standard InChI is InChI=1S/C14H13F3OS/c1-3-18-13(14(15,16)17)12(19-2)10-9-11-7-5-4-6-8-11/h4-8H,3H2,1-2H3/b13-12+. The normalized spacial score (nSPS) is 12.3. The molecule has 0 fully saturated rings. The van der Waals surface area contributed by atoms with Crippen molar-refractivity contribution in [2.45, 2.75) is 13.1 Å². The lowest BCUT2D eigenvalue weighted by atomic mass is 10.2. The summed E-state index contributed by atoms with van der Waals surface area (Å²) in [6.07, 6.45) is -2.99. The molecule has 0 aliphatic rings. The number of alkyl halides is 3. The zero-order valence-electron chi connectivity index (χ0n) is 10.5. The molecule has 0 atom stereocenters. The highest BCUT2D eigenvalue weighted by molar-refractivity contribution is 8.02. The molecule has 1 nitrogen and oxygen atoms in total. The highest BCUT2D eigenvalue weighted by atomic mass is 32.2. The third kappa shape index (κ3) is 4.92. The SMILES string of the molecule is CCO/C(=C(\C#Cc1ccccc1)SC)C(F)(F)F. The van der Waals surface area contributed by atoms with Crippen molar-refractivity contribution in [2.75, 3.05) is 12.9 Å². The average Bonchev–Trinajstić information content (AvgIpc) is 2.38. The molecule has 0 unspecified atom stereocenters. The summed E-state index contributed by atoms with van der Waals surface area (Å²) >= 11 is 0.925. The van der Waals surface area contributed by atoms with E-state index in [4.69, 9.17) is 0 Å². The van der Waals surface area contributed by atoms with E-state index in [1.807, 2.05) is 6.07 Å². The molecule has 0 N–H and O–H groups in total. The number of ether oxygens (including phenoxy) is 1. The summed E-state index contributed by atoms with van der Waals surface area (Å²) in [5.74, 6) is 4.20. The molecule has 1 rings (SSSR count). The summed E-state index contributed by atoms with van der Waals surface area (Å²) < 4.78 is 43.1. The smallest absolute Gasteiger partial charge is 0.450 e. The van der Waals surface area contributed by atoms with Crippen LogP contribution in [0.15, 0.2) is 41.0 Å². The Labute approximate surface area is 114 Å². The summed E-state index contributed by atoms with van der Waals surface area (Å²) in [6.45, 7) is 1.46. The quantitative estimate of drug-likeness (QED) is 0.608. The minimum Gasteiger partial charge on any atom is -0.488 e. The lowest BCUT2D eigenvalue weighted by molar-refractivity contribution is -0.130. The first-order chi connectivity index (χ1) is 8.99. The van der Waals surface area contributed by atoms with Gasteiger partial charge in [-0.25, -0.2) is 0 Å². The maximum absolute atomic E-state index is 12.8. The second-order valence-corrected chi connectivity index (χ2v) is 4.23. The molecule has 0 heterocycles. The van der Waals surface area contributed by atoms with E-state index in [0.29, 0.717) is 5.56 Å². The topological polar surface area (TPSA) is 9.23 Å². The molecule has 19 heavy (non-hydrogen) atoms. The number of thioether (sulfide) groups is 1.